The summed E-state index contributed by atoms with van der Waals surface area (Å²) in [4.78, 5) is 0. The van der Waals surface area contributed by atoms with Gasteiger partial charge >= 0.3 is 0 Å². The SMILES string of the molecule is COCCNCc1ccn(Cc2cnn(C)c2)n1. The Balaban J connectivity index is 1.82. The fraction of sp³-hybridized carbons (Fsp3) is 0.500. The first kappa shape index (κ1) is 12.8. The molecule has 6 heteroatoms. The van der Waals surface area contributed by atoms with Crippen molar-refractivity contribution in [2.45, 2.75) is 13.1 Å². The van der Waals surface area contributed by atoms with Crippen LogP contribution in [0, 0.1) is 0 Å². The first-order valence-corrected chi connectivity index (χ1v) is 5.97. The van der Waals surface area contributed by atoms with Crippen LogP contribution in [-0.4, -0.2) is 39.8 Å². The Morgan fingerprint density at radius 2 is 2.33 bits per heavy atom. The molecule has 0 bridgehead atoms. The molecular formula is C12H19N5O. The summed E-state index contributed by atoms with van der Waals surface area (Å²) < 4.78 is 8.69. The molecule has 0 atom stereocenters. The second-order valence-electron chi connectivity index (χ2n) is 4.20. The number of hydrogen-bond acceptors (Lipinski definition) is 4. The summed E-state index contributed by atoms with van der Waals surface area (Å²) in [7, 11) is 3.61. The number of hydrogen-bond donors (Lipinski definition) is 1. The number of aryl methyl sites for hydroxylation is 1. The van der Waals surface area contributed by atoms with Gasteiger partial charge in [-0.1, -0.05) is 0 Å². The van der Waals surface area contributed by atoms with Crippen LogP contribution in [0.4, 0.5) is 0 Å². The number of nitrogens with one attached hydrogen (secondary N) is 1. The van der Waals surface area contributed by atoms with Gasteiger partial charge in [0.1, 0.15) is 0 Å². The van der Waals surface area contributed by atoms with Crippen LogP contribution >= 0.6 is 0 Å². The number of ether oxygens (including phenoxy) is 1. The fourth-order valence-corrected chi connectivity index (χ4v) is 1.72. The lowest BCUT2D eigenvalue weighted by Crippen LogP contribution is -2.19. The van der Waals surface area contributed by atoms with E-state index in [9.17, 15) is 0 Å². The standard InChI is InChI=1S/C12H19N5O/c1-16-9-11(7-14-16)10-17-5-3-12(15-17)8-13-4-6-18-2/h3,5,7,9,13H,4,6,8,10H2,1-2H3. The van der Waals surface area contributed by atoms with Crippen molar-refractivity contribution in [2.75, 3.05) is 20.3 Å². The van der Waals surface area contributed by atoms with Crippen molar-refractivity contribution in [1.29, 1.82) is 0 Å². The highest BCUT2D eigenvalue weighted by Gasteiger charge is 2.01. The molecular weight excluding hydrogens is 230 g/mol. The van der Waals surface area contributed by atoms with Crippen molar-refractivity contribution >= 4 is 0 Å². The predicted molar refractivity (Wildman–Crippen MR) is 68.1 cm³/mol. The van der Waals surface area contributed by atoms with Gasteiger partial charge in [-0.15, -0.1) is 0 Å². The summed E-state index contributed by atoms with van der Waals surface area (Å²) >= 11 is 0. The molecule has 0 aromatic carbocycles. The second kappa shape index (κ2) is 6.32. The van der Waals surface area contributed by atoms with E-state index in [1.54, 1.807) is 11.8 Å². The van der Waals surface area contributed by atoms with E-state index >= 15 is 0 Å². The van der Waals surface area contributed by atoms with Crippen LogP contribution in [0.25, 0.3) is 0 Å². The first-order valence-electron chi connectivity index (χ1n) is 5.97. The maximum atomic E-state index is 4.97. The molecule has 2 aromatic heterocycles. The Bertz CT molecular complexity index is 476. The van der Waals surface area contributed by atoms with E-state index in [1.807, 2.05) is 36.4 Å². The molecule has 0 radical (unpaired) electrons. The molecule has 0 unspecified atom stereocenters. The minimum Gasteiger partial charge on any atom is -0.383 e. The normalized spacial score (nSPS) is 11.0. The molecule has 2 heterocycles. The van der Waals surface area contributed by atoms with Gasteiger partial charge in [0, 0.05) is 45.2 Å². The van der Waals surface area contributed by atoms with Gasteiger partial charge in [0.2, 0.25) is 0 Å². The predicted octanol–water partition coefficient (Wildman–Crippen LogP) is 0.401. The van der Waals surface area contributed by atoms with Crippen molar-refractivity contribution in [2.24, 2.45) is 7.05 Å². The molecule has 98 valence electrons. The van der Waals surface area contributed by atoms with Gasteiger partial charge in [0.05, 0.1) is 25.0 Å². The lowest BCUT2D eigenvalue weighted by Gasteiger charge is -2.01. The third kappa shape index (κ3) is 3.68. The van der Waals surface area contributed by atoms with Crippen molar-refractivity contribution in [3.8, 4) is 0 Å². The molecule has 1 N–H and O–H groups in total. The molecule has 0 amide bonds. The molecule has 0 aliphatic carbocycles. The Morgan fingerprint density at radius 3 is 3.06 bits per heavy atom. The van der Waals surface area contributed by atoms with Gasteiger partial charge in [-0.2, -0.15) is 10.2 Å². The Morgan fingerprint density at radius 1 is 1.44 bits per heavy atom. The number of methoxy groups -OCH3 is 1. The summed E-state index contributed by atoms with van der Waals surface area (Å²) in [6.45, 7) is 3.08. The smallest absolute Gasteiger partial charge is 0.0762 e. The van der Waals surface area contributed by atoms with Crippen LogP contribution in [0.3, 0.4) is 0 Å². The van der Waals surface area contributed by atoms with Crippen LogP contribution < -0.4 is 5.32 Å². The monoisotopic (exact) mass is 249 g/mol. The third-order valence-electron chi connectivity index (χ3n) is 2.59. The molecule has 0 aliphatic heterocycles. The number of aromatic nitrogens is 4. The fourth-order valence-electron chi connectivity index (χ4n) is 1.72. The van der Waals surface area contributed by atoms with Crippen LogP contribution in [0.1, 0.15) is 11.3 Å². The Kier molecular flexibility index (Phi) is 4.49. The minimum absolute atomic E-state index is 0.719. The van der Waals surface area contributed by atoms with Crippen molar-refractivity contribution in [3.05, 3.63) is 35.9 Å². The van der Waals surface area contributed by atoms with Crippen molar-refractivity contribution < 1.29 is 4.74 Å². The van der Waals surface area contributed by atoms with E-state index in [0.717, 1.165) is 37.5 Å². The molecule has 0 spiro atoms. The molecule has 0 saturated carbocycles. The van der Waals surface area contributed by atoms with Crippen LogP contribution in [0.2, 0.25) is 0 Å². The van der Waals surface area contributed by atoms with Gasteiger partial charge in [-0.05, 0) is 6.07 Å². The van der Waals surface area contributed by atoms with Gasteiger partial charge in [-0.3, -0.25) is 9.36 Å². The Labute approximate surface area is 107 Å². The zero-order valence-electron chi connectivity index (χ0n) is 10.8. The largest absolute Gasteiger partial charge is 0.383 e. The van der Waals surface area contributed by atoms with Crippen LogP contribution in [-0.2, 0) is 24.9 Å². The van der Waals surface area contributed by atoms with Crippen molar-refractivity contribution in [3.63, 3.8) is 0 Å². The van der Waals surface area contributed by atoms with Gasteiger partial charge < -0.3 is 10.1 Å². The van der Waals surface area contributed by atoms with E-state index in [2.05, 4.69) is 15.5 Å². The summed E-state index contributed by atoms with van der Waals surface area (Å²) in [5, 5.41) is 11.9. The van der Waals surface area contributed by atoms with E-state index in [1.165, 1.54) is 0 Å². The maximum Gasteiger partial charge on any atom is 0.0762 e. The zero-order chi connectivity index (χ0) is 12.8. The topological polar surface area (TPSA) is 56.9 Å². The lowest BCUT2D eigenvalue weighted by atomic mass is 10.4. The van der Waals surface area contributed by atoms with E-state index in [0.29, 0.717) is 0 Å². The maximum absolute atomic E-state index is 4.97. The molecule has 6 nitrogen and oxygen atoms in total. The van der Waals surface area contributed by atoms with Crippen LogP contribution in [0.15, 0.2) is 24.7 Å². The number of nitrogens with zero attached hydrogens (tertiary/aromatic N) is 4. The van der Waals surface area contributed by atoms with Gasteiger partial charge in [0.25, 0.3) is 0 Å². The Hall–Kier alpha value is -1.66. The molecule has 0 saturated heterocycles. The highest BCUT2D eigenvalue weighted by molar-refractivity contribution is 5.06. The quantitative estimate of drug-likeness (QED) is 0.722. The molecule has 0 fully saturated rings. The summed E-state index contributed by atoms with van der Waals surface area (Å²) in [5.74, 6) is 0. The van der Waals surface area contributed by atoms with E-state index < -0.39 is 0 Å². The van der Waals surface area contributed by atoms with E-state index in [4.69, 9.17) is 4.74 Å². The average Bonchev–Trinajstić information content (AvgIpc) is 2.95. The van der Waals surface area contributed by atoms with E-state index in [-0.39, 0.29) is 0 Å². The van der Waals surface area contributed by atoms with Gasteiger partial charge in [-0.25, -0.2) is 0 Å². The molecule has 2 rings (SSSR count). The summed E-state index contributed by atoms with van der Waals surface area (Å²) in [5.41, 5.74) is 2.19. The van der Waals surface area contributed by atoms with Gasteiger partial charge in [0.15, 0.2) is 0 Å². The molecule has 18 heavy (non-hydrogen) atoms. The highest BCUT2D eigenvalue weighted by Crippen LogP contribution is 2.02. The molecule has 2 aromatic rings. The summed E-state index contributed by atoms with van der Waals surface area (Å²) in [6.07, 6.45) is 5.84. The zero-order valence-corrected chi connectivity index (χ0v) is 10.8. The average molecular weight is 249 g/mol. The highest BCUT2D eigenvalue weighted by atomic mass is 16.5. The van der Waals surface area contributed by atoms with Crippen molar-refractivity contribution in [1.82, 2.24) is 24.9 Å². The third-order valence-corrected chi connectivity index (χ3v) is 2.59. The number of rotatable bonds is 7. The molecule has 0 aliphatic rings. The van der Waals surface area contributed by atoms with Crippen LogP contribution in [0.5, 0.6) is 0 Å². The summed E-state index contributed by atoms with van der Waals surface area (Å²) in [6, 6.07) is 2.02. The first-order chi connectivity index (χ1) is 8.78. The lowest BCUT2D eigenvalue weighted by molar-refractivity contribution is 0.199. The minimum atomic E-state index is 0.719. The second-order valence-corrected chi connectivity index (χ2v) is 4.20.